The molecule has 3 rings (SSSR count). The summed E-state index contributed by atoms with van der Waals surface area (Å²) in [5.74, 6) is 0.444. The van der Waals surface area contributed by atoms with Gasteiger partial charge in [0, 0.05) is 26.7 Å². The fourth-order valence-electron chi connectivity index (χ4n) is 4.28. The summed E-state index contributed by atoms with van der Waals surface area (Å²) in [6.07, 6.45) is 3.64. The monoisotopic (exact) mass is 346 g/mol. The summed E-state index contributed by atoms with van der Waals surface area (Å²) in [6.45, 7) is 4.25. The predicted molar refractivity (Wildman–Crippen MR) is 97.5 cm³/mol. The highest BCUT2D eigenvalue weighted by Crippen LogP contribution is 2.38. The lowest BCUT2D eigenvalue weighted by molar-refractivity contribution is -0.160. The van der Waals surface area contributed by atoms with Gasteiger partial charge in [0.05, 0.1) is 12.2 Å². The second kappa shape index (κ2) is 7.44. The number of hydrogen-bond acceptors (Lipinski definition) is 4. The molecule has 0 aromatic heterocycles. The van der Waals surface area contributed by atoms with Crippen LogP contribution in [-0.2, 0) is 9.53 Å². The first kappa shape index (κ1) is 18.4. The lowest BCUT2D eigenvalue weighted by Crippen LogP contribution is -2.60. The van der Waals surface area contributed by atoms with Crippen LogP contribution in [0.2, 0.25) is 0 Å². The van der Waals surface area contributed by atoms with Gasteiger partial charge in [-0.1, -0.05) is 30.3 Å². The van der Waals surface area contributed by atoms with Crippen LogP contribution in [0.3, 0.4) is 0 Å². The maximum absolute atomic E-state index is 12.1. The van der Waals surface area contributed by atoms with Gasteiger partial charge >= 0.3 is 0 Å². The lowest BCUT2D eigenvalue weighted by atomic mass is 9.76. The minimum Gasteiger partial charge on any atom is -0.389 e. The number of carbonyl (C=O) groups excluding carboxylic acids is 1. The molecule has 1 aromatic rings. The Morgan fingerprint density at radius 1 is 1.32 bits per heavy atom. The molecule has 1 aromatic carbocycles. The lowest BCUT2D eigenvalue weighted by Gasteiger charge is -2.44. The number of amides is 1. The molecule has 0 radical (unpaired) electrons. The van der Waals surface area contributed by atoms with Crippen LogP contribution in [0.1, 0.15) is 44.1 Å². The number of carbonyl (C=O) groups is 1. The largest absolute Gasteiger partial charge is 0.389 e. The van der Waals surface area contributed by atoms with Gasteiger partial charge in [0.2, 0.25) is 0 Å². The van der Waals surface area contributed by atoms with E-state index in [-0.39, 0.29) is 5.91 Å². The van der Waals surface area contributed by atoms with Crippen LogP contribution < -0.4 is 5.32 Å². The number of rotatable bonds is 4. The number of β-amino-alcohol motifs (C(OH)–C–C–N with tert-alkyl or cyclic N) is 1. The fraction of sp³-hybridized carbons (Fsp3) is 0.650. The molecule has 1 heterocycles. The number of nitrogens with one attached hydrogen (secondary N) is 1. The minimum absolute atomic E-state index is 0.100. The van der Waals surface area contributed by atoms with Crippen LogP contribution in [0, 0.1) is 0 Å². The second-order valence-electron chi connectivity index (χ2n) is 7.78. The molecule has 138 valence electrons. The Hall–Kier alpha value is -1.43. The van der Waals surface area contributed by atoms with Crippen molar-refractivity contribution < 1.29 is 14.6 Å². The normalized spacial score (nSPS) is 33.8. The van der Waals surface area contributed by atoms with E-state index >= 15 is 0 Å². The smallest absolute Gasteiger partial charge is 0.253 e. The zero-order chi connectivity index (χ0) is 17.9. The molecule has 2 aliphatic rings. The molecule has 25 heavy (non-hydrogen) atoms. The fourth-order valence-corrected chi connectivity index (χ4v) is 4.28. The zero-order valence-corrected chi connectivity index (χ0v) is 15.3. The Morgan fingerprint density at radius 3 is 2.64 bits per heavy atom. The molecule has 5 nitrogen and oxygen atoms in total. The molecule has 0 spiro atoms. The van der Waals surface area contributed by atoms with Crippen molar-refractivity contribution in [1.29, 1.82) is 0 Å². The Kier molecular flexibility index (Phi) is 5.46. The highest BCUT2D eigenvalue weighted by molar-refractivity contribution is 5.84. The van der Waals surface area contributed by atoms with Crippen molar-refractivity contribution in [2.24, 2.45) is 0 Å². The first-order chi connectivity index (χ1) is 11.9. The van der Waals surface area contributed by atoms with Crippen molar-refractivity contribution in [3.63, 3.8) is 0 Å². The number of likely N-dealkylation sites (N-methyl/N-ethyl adjacent to an activating group) is 1. The summed E-state index contributed by atoms with van der Waals surface area (Å²) < 4.78 is 5.71. The molecule has 1 aliphatic heterocycles. The maximum Gasteiger partial charge on any atom is 0.253 e. The van der Waals surface area contributed by atoms with Crippen LogP contribution in [0.4, 0.5) is 0 Å². The predicted octanol–water partition coefficient (Wildman–Crippen LogP) is 1.91. The molecule has 1 aliphatic carbocycles. The van der Waals surface area contributed by atoms with Gasteiger partial charge in [-0.05, 0) is 44.1 Å². The Bertz CT molecular complexity index is 584. The van der Waals surface area contributed by atoms with Crippen molar-refractivity contribution in [2.75, 3.05) is 33.3 Å². The third-order valence-electron chi connectivity index (χ3n) is 5.77. The topological polar surface area (TPSA) is 61.8 Å². The quantitative estimate of drug-likeness (QED) is 0.874. The van der Waals surface area contributed by atoms with Gasteiger partial charge in [0.1, 0.15) is 0 Å². The average Bonchev–Trinajstić information content (AvgIpc) is 2.62. The second-order valence-corrected chi connectivity index (χ2v) is 7.78. The first-order valence-corrected chi connectivity index (χ1v) is 9.30. The highest BCUT2D eigenvalue weighted by Gasteiger charge is 2.42. The zero-order valence-electron chi connectivity index (χ0n) is 15.3. The summed E-state index contributed by atoms with van der Waals surface area (Å²) in [4.78, 5) is 14.3. The van der Waals surface area contributed by atoms with Crippen LogP contribution in [0.15, 0.2) is 30.3 Å². The van der Waals surface area contributed by atoms with E-state index in [1.54, 1.807) is 7.05 Å². The van der Waals surface area contributed by atoms with Crippen LogP contribution in [-0.4, -0.2) is 60.4 Å². The van der Waals surface area contributed by atoms with Crippen molar-refractivity contribution >= 4 is 5.91 Å². The van der Waals surface area contributed by atoms with Gasteiger partial charge in [0.25, 0.3) is 5.91 Å². The molecule has 2 N–H and O–H groups in total. The van der Waals surface area contributed by atoms with Crippen molar-refractivity contribution in [3.05, 3.63) is 35.9 Å². The van der Waals surface area contributed by atoms with Gasteiger partial charge in [-0.25, -0.2) is 0 Å². The van der Waals surface area contributed by atoms with Crippen LogP contribution in [0.25, 0.3) is 0 Å². The van der Waals surface area contributed by atoms with Crippen molar-refractivity contribution in [2.45, 2.75) is 49.7 Å². The SMILES string of the molecule is CNC(=O)[C@]1(C)CN(CC2(O)CCC(c3ccccc3)CC2)CCO1. The first-order valence-electron chi connectivity index (χ1n) is 9.30. The molecular weight excluding hydrogens is 316 g/mol. The Balaban J connectivity index is 1.57. The Morgan fingerprint density at radius 2 is 2.00 bits per heavy atom. The number of aliphatic hydroxyl groups is 1. The molecule has 0 bridgehead atoms. The van der Waals surface area contributed by atoms with Gasteiger partial charge in [-0.2, -0.15) is 0 Å². The molecule has 1 saturated heterocycles. The molecular formula is C20H30N2O3. The van der Waals surface area contributed by atoms with Crippen molar-refractivity contribution in [1.82, 2.24) is 10.2 Å². The number of hydrogen-bond donors (Lipinski definition) is 2. The molecule has 1 saturated carbocycles. The number of benzene rings is 1. The number of ether oxygens (including phenoxy) is 1. The third kappa shape index (κ3) is 4.22. The molecule has 2 fully saturated rings. The van der Waals surface area contributed by atoms with E-state index in [0.717, 1.165) is 32.2 Å². The van der Waals surface area contributed by atoms with E-state index in [1.807, 2.05) is 13.0 Å². The van der Waals surface area contributed by atoms with Crippen LogP contribution >= 0.6 is 0 Å². The summed E-state index contributed by atoms with van der Waals surface area (Å²) in [5, 5.41) is 13.8. The van der Waals surface area contributed by atoms with E-state index in [9.17, 15) is 9.90 Å². The summed E-state index contributed by atoms with van der Waals surface area (Å²) in [7, 11) is 1.63. The number of morpholine rings is 1. The van der Waals surface area contributed by atoms with Crippen molar-refractivity contribution in [3.8, 4) is 0 Å². The summed E-state index contributed by atoms with van der Waals surface area (Å²) in [6, 6.07) is 10.6. The third-order valence-corrected chi connectivity index (χ3v) is 5.77. The van der Waals surface area contributed by atoms with E-state index < -0.39 is 11.2 Å². The van der Waals surface area contributed by atoms with E-state index in [4.69, 9.17) is 4.74 Å². The van der Waals surface area contributed by atoms with Gasteiger partial charge in [-0.15, -0.1) is 0 Å². The van der Waals surface area contributed by atoms with Gasteiger partial charge in [0.15, 0.2) is 5.60 Å². The Labute approximate surface area is 150 Å². The van der Waals surface area contributed by atoms with E-state index in [1.165, 1.54) is 5.56 Å². The minimum atomic E-state index is -0.829. The van der Waals surface area contributed by atoms with Crippen LogP contribution in [0.5, 0.6) is 0 Å². The molecule has 0 unspecified atom stereocenters. The van der Waals surface area contributed by atoms with Gasteiger partial charge < -0.3 is 15.2 Å². The van der Waals surface area contributed by atoms with Gasteiger partial charge in [-0.3, -0.25) is 9.69 Å². The highest BCUT2D eigenvalue weighted by atomic mass is 16.5. The molecule has 1 atom stereocenters. The molecule has 1 amide bonds. The molecule has 5 heteroatoms. The number of nitrogens with zero attached hydrogens (tertiary/aromatic N) is 1. The summed E-state index contributed by atoms with van der Waals surface area (Å²) in [5.41, 5.74) is -0.111. The average molecular weight is 346 g/mol. The standard InChI is InChI=1S/C20H30N2O3/c1-19(18(23)21-2)14-22(12-13-25-19)15-20(24)10-8-17(9-11-20)16-6-4-3-5-7-16/h3-7,17,24H,8-15H2,1-2H3,(H,21,23)/t17?,19-,20?/m0/s1. The van der Waals surface area contributed by atoms with E-state index in [2.05, 4.69) is 34.5 Å². The summed E-state index contributed by atoms with van der Waals surface area (Å²) >= 11 is 0. The maximum atomic E-state index is 12.1. The van der Waals surface area contributed by atoms with E-state index in [0.29, 0.717) is 25.6 Å².